The van der Waals surface area contributed by atoms with Gasteiger partial charge in [0, 0.05) is 31.3 Å². The number of aryl methyl sites for hydroxylation is 1. The maximum Gasteiger partial charge on any atom is 0.246 e. The lowest BCUT2D eigenvalue weighted by molar-refractivity contribution is -0.117. The van der Waals surface area contributed by atoms with Crippen molar-refractivity contribution in [2.75, 3.05) is 22.6 Å². The summed E-state index contributed by atoms with van der Waals surface area (Å²) in [5.41, 5.74) is 3.55. The molecule has 0 spiro atoms. The van der Waals surface area contributed by atoms with Gasteiger partial charge in [-0.2, -0.15) is 10.1 Å². The van der Waals surface area contributed by atoms with Gasteiger partial charge in [0.25, 0.3) is 0 Å². The van der Waals surface area contributed by atoms with Gasteiger partial charge < -0.3 is 15.5 Å². The van der Waals surface area contributed by atoms with E-state index in [1.807, 2.05) is 55.0 Å². The van der Waals surface area contributed by atoms with Crippen LogP contribution in [0.4, 0.5) is 21.8 Å². The van der Waals surface area contributed by atoms with E-state index >= 15 is 0 Å². The Balaban J connectivity index is 1.26. The lowest BCUT2D eigenvalue weighted by atomic mass is 10.1. The molecule has 0 radical (unpaired) electrons. The Morgan fingerprint density at radius 2 is 2.03 bits per heavy atom. The molecule has 1 fully saturated rings. The first kappa shape index (κ1) is 19.5. The van der Waals surface area contributed by atoms with Gasteiger partial charge in [-0.1, -0.05) is 12.1 Å². The largest absolute Gasteiger partial charge is 0.350 e. The molecule has 0 unspecified atom stereocenters. The molecule has 160 valence electrons. The minimum absolute atomic E-state index is 0.0613. The summed E-state index contributed by atoms with van der Waals surface area (Å²) < 4.78 is 15.1. The molecule has 1 aliphatic heterocycles. The number of likely N-dealkylation sites (N-methyl/N-ethyl adjacent to an activating group) is 1. The van der Waals surface area contributed by atoms with Crippen molar-refractivity contribution in [1.82, 2.24) is 19.7 Å². The van der Waals surface area contributed by atoms with Crippen LogP contribution in [0.3, 0.4) is 0 Å². The fraction of sp³-hybridized carbons (Fsp3) is 0.364. The number of rotatable bonds is 5. The molecular weight excluding hydrogens is 397 g/mol. The summed E-state index contributed by atoms with van der Waals surface area (Å²) in [5, 5.41) is 10.7. The lowest BCUT2D eigenvalue weighted by Gasteiger charge is -2.32. The number of nitrogens with zero attached hydrogens (tertiary/aromatic N) is 5. The molecular formula is C22H24FN7O. The molecule has 0 saturated heterocycles. The van der Waals surface area contributed by atoms with Crippen molar-refractivity contribution in [2.45, 2.75) is 44.8 Å². The van der Waals surface area contributed by atoms with E-state index in [0.29, 0.717) is 36.0 Å². The third kappa shape index (κ3) is 3.60. The van der Waals surface area contributed by atoms with Gasteiger partial charge in [-0.25, -0.2) is 9.37 Å². The summed E-state index contributed by atoms with van der Waals surface area (Å²) in [6, 6.07) is 6.73. The van der Waals surface area contributed by atoms with Gasteiger partial charge in [-0.05, 0) is 38.0 Å². The van der Waals surface area contributed by atoms with Crippen LogP contribution in [0, 0.1) is 12.7 Å². The maximum absolute atomic E-state index is 13.1. The zero-order valence-corrected chi connectivity index (χ0v) is 17.6. The second kappa shape index (κ2) is 7.33. The van der Waals surface area contributed by atoms with Gasteiger partial charge >= 0.3 is 0 Å². The quantitative estimate of drug-likeness (QED) is 0.658. The monoisotopic (exact) mass is 421 g/mol. The van der Waals surface area contributed by atoms with Crippen LogP contribution >= 0.6 is 0 Å². The number of benzene rings is 1. The van der Waals surface area contributed by atoms with Gasteiger partial charge in [0.05, 0.1) is 17.9 Å². The standard InChI is InChI=1S/C22H24FN7O/c1-12-19-20(29(3)13(2)21(31)27-19)28-22(26-12)24-9-14-10-25-30(11-14)18-8-17(18)15-4-6-16(23)7-5-15/h4-7,10-11,13,17-18H,8-9H2,1-3H3,(H,27,31)(H,24,26,28)/t13-,17+,18+/m0/s1. The average Bonchev–Trinajstić information content (AvgIpc) is 3.41. The number of carbonyl (C=O) groups is 1. The summed E-state index contributed by atoms with van der Waals surface area (Å²) in [5.74, 6) is 1.32. The number of aromatic nitrogens is 4. The highest BCUT2D eigenvalue weighted by molar-refractivity contribution is 6.03. The predicted molar refractivity (Wildman–Crippen MR) is 116 cm³/mol. The Morgan fingerprint density at radius 3 is 2.81 bits per heavy atom. The molecule has 9 heteroatoms. The van der Waals surface area contributed by atoms with E-state index in [1.165, 1.54) is 12.1 Å². The molecule has 5 rings (SSSR count). The average molecular weight is 421 g/mol. The lowest BCUT2D eigenvalue weighted by Crippen LogP contribution is -2.44. The Kier molecular flexibility index (Phi) is 4.60. The Labute approximate surface area is 179 Å². The molecule has 1 aromatic carbocycles. The zero-order chi connectivity index (χ0) is 21.7. The highest BCUT2D eigenvalue weighted by Crippen LogP contribution is 2.51. The molecule has 1 aliphatic carbocycles. The van der Waals surface area contributed by atoms with Gasteiger partial charge in [-0.15, -0.1) is 0 Å². The topological polar surface area (TPSA) is 88.0 Å². The van der Waals surface area contributed by atoms with Crippen molar-refractivity contribution < 1.29 is 9.18 Å². The van der Waals surface area contributed by atoms with Crippen molar-refractivity contribution in [3.05, 3.63) is 59.3 Å². The normalized spacial score (nSPS) is 22.1. The molecule has 8 nitrogen and oxygen atoms in total. The smallest absolute Gasteiger partial charge is 0.246 e. The number of hydrogen-bond donors (Lipinski definition) is 2. The van der Waals surface area contributed by atoms with Crippen molar-refractivity contribution in [1.29, 1.82) is 0 Å². The minimum atomic E-state index is -0.291. The first-order chi connectivity index (χ1) is 14.9. The van der Waals surface area contributed by atoms with Crippen molar-refractivity contribution in [3.8, 4) is 0 Å². The van der Waals surface area contributed by atoms with Crippen LogP contribution in [0.2, 0.25) is 0 Å². The van der Waals surface area contributed by atoms with Gasteiger partial charge in [0.15, 0.2) is 5.82 Å². The number of amides is 1. The van der Waals surface area contributed by atoms with Crippen LogP contribution in [0.15, 0.2) is 36.7 Å². The summed E-state index contributed by atoms with van der Waals surface area (Å²) in [7, 11) is 1.86. The van der Waals surface area contributed by atoms with Crippen LogP contribution in [0.1, 0.15) is 42.1 Å². The van der Waals surface area contributed by atoms with E-state index in [2.05, 4.69) is 25.7 Å². The number of hydrogen-bond acceptors (Lipinski definition) is 6. The molecule has 31 heavy (non-hydrogen) atoms. The number of nitrogens with one attached hydrogen (secondary N) is 2. The molecule has 2 aromatic heterocycles. The highest BCUT2D eigenvalue weighted by atomic mass is 19.1. The molecule has 1 saturated carbocycles. The Morgan fingerprint density at radius 1 is 1.26 bits per heavy atom. The van der Waals surface area contributed by atoms with E-state index in [-0.39, 0.29) is 17.8 Å². The molecule has 2 aliphatic rings. The van der Waals surface area contributed by atoms with Crippen LogP contribution in [0.25, 0.3) is 0 Å². The molecule has 3 heterocycles. The first-order valence-corrected chi connectivity index (χ1v) is 10.4. The third-order valence-corrected chi connectivity index (χ3v) is 6.11. The van der Waals surface area contributed by atoms with Crippen LogP contribution < -0.4 is 15.5 Å². The highest BCUT2D eigenvalue weighted by Gasteiger charge is 2.40. The molecule has 3 aromatic rings. The number of carbonyl (C=O) groups excluding carboxylic acids is 1. The summed E-state index contributed by atoms with van der Waals surface area (Å²) in [6.45, 7) is 4.24. The molecule has 2 N–H and O–H groups in total. The summed E-state index contributed by atoms with van der Waals surface area (Å²) >= 11 is 0. The third-order valence-electron chi connectivity index (χ3n) is 6.11. The van der Waals surface area contributed by atoms with E-state index in [1.54, 1.807) is 0 Å². The zero-order valence-electron chi connectivity index (χ0n) is 17.6. The van der Waals surface area contributed by atoms with Gasteiger partial charge in [0.2, 0.25) is 11.9 Å². The second-order valence-electron chi connectivity index (χ2n) is 8.25. The summed E-state index contributed by atoms with van der Waals surface area (Å²) in [4.78, 5) is 23.0. The van der Waals surface area contributed by atoms with E-state index in [9.17, 15) is 9.18 Å². The number of halogens is 1. The minimum Gasteiger partial charge on any atom is -0.350 e. The molecule has 0 bridgehead atoms. The predicted octanol–water partition coefficient (Wildman–Crippen LogP) is 3.24. The van der Waals surface area contributed by atoms with Gasteiger partial charge in [0.1, 0.15) is 17.5 Å². The van der Waals surface area contributed by atoms with Crippen molar-refractivity contribution >= 4 is 23.4 Å². The Hall–Kier alpha value is -3.49. The van der Waals surface area contributed by atoms with Crippen molar-refractivity contribution in [2.24, 2.45) is 0 Å². The SMILES string of the molecule is Cc1nc(NCc2cnn([C@@H]3C[C@@H]3c3ccc(F)cc3)c2)nc2c1NC(=O)[C@H](C)N2C. The van der Waals surface area contributed by atoms with Crippen molar-refractivity contribution in [3.63, 3.8) is 0 Å². The fourth-order valence-electron chi connectivity index (χ4n) is 4.00. The van der Waals surface area contributed by atoms with E-state index in [4.69, 9.17) is 0 Å². The molecule has 1 amide bonds. The second-order valence-corrected chi connectivity index (χ2v) is 8.25. The van der Waals surface area contributed by atoms with Crippen LogP contribution in [-0.2, 0) is 11.3 Å². The molecule has 3 atom stereocenters. The van der Waals surface area contributed by atoms with Gasteiger partial charge in [-0.3, -0.25) is 9.48 Å². The fourth-order valence-corrected chi connectivity index (χ4v) is 4.00. The first-order valence-electron chi connectivity index (χ1n) is 10.4. The van der Waals surface area contributed by atoms with Crippen LogP contribution in [0.5, 0.6) is 0 Å². The van der Waals surface area contributed by atoms with E-state index < -0.39 is 0 Å². The summed E-state index contributed by atoms with van der Waals surface area (Å²) in [6.07, 6.45) is 4.87. The number of anilines is 3. The maximum atomic E-state index is 13.1. The number of fused-ring (bicyclic) bond motifs is 1. The Bertz CT molecular complexity index is 1140. The van der Waals surface area contributed by atoms with E-state index in [0.717, 1.165) is 23.2 Å². The van der Waals surface area contributed by atoms with Crippen LogP contribution in [-0.4, -0.2) is 38.7 Å².